The van der Waals surface area contributed by atoms with E-state index in [9.17, 15) is 57.4 Å². The number of nitrogens with one attached hydrogen (secondary N) is 6. The maximum atomic E-state index is 17.0. The first-order chi connectivity index (χ1) is 58.1. The Morgan fingerprint density at radius 2 is 1.33 bits per heavy atom. The van der Waals surface area contributed by atoms with Gasteiger partial charge in [-0.05, 0) is 61.4 Å². The Morgan fingerprint density at radius 3 is 1.98 bits per heavy atom. The Hall–Kier alpha value is -8.63. The lowest BCUT2D eigenvalue weighted by Gasteiger charge is -2.26. The SMILES string of the molecule is COCCOCCOCCOCCOCCOCCOCCOCCC(=O)N[C@H](CCCCN1C(=O)C=CC1=O)C(=O)N[C@H](C(=O)N[C@@H](C)C(=O)Nc1ccc(COC(=O)N(C)Cc2ccccc2C(=O)Nc2ncnc3c2ncn3[C@@H]2O[C@@H]3CO[P@@](=O)(S)C[C@@H]4[C@H](O)[C@@H](CO[P@@](=O)(S)O[C@H]3[C@H]2F)O[C@H]4n2cc(F)c3c(=O)[nH]cnc32)cc1)C(C)C. The maximum absolute atomic E-state index is 17.0. The van der Waals surface area contributed by atoms with E-state index in [2.05, 4.69) is 76.0 Å². The number of methoxy groups -OCH3 is 1. The molecule has 10 rings (SSSR count). The number of rotatable bonds is 45. The quantitative estimate of drug-likeness (QED) is 0.0108. The summed E-state index contributed by atoms with van der Waals surface area (Å²) in [5, 5.41) is 24.6. The fourth-order valence-corrected chi connectivity index (χ4v) is 16.7. The lowest BCUT2D eigenvalue weighted by molar-refractivity contribution is -0.137. The smallest absolute Gasteiger partial charge is 0.410 e. The maximum Gasteiger partial charge on any atom is 0.410 e. The molecule has 8 heterocycles. The molecule has 3 saturated heterocycles. The normalized spacial score (nSPS) is 22.5. The minimum absolute atomic E-state index is 0.00150. The lowest BCUT2D eigenvalue weighted by atomic mass is 10.0. The van der Waals surface area contributed by atoms with Crippen LogP contribution in [-0.4, -0.2) is 284 Å². The molecule has 4 aliphatic heterocycles. The molecule has 3 fully saturated rings. The van der Waals surface area contributed by atoms with E-state index in [1.165, 1.54) is 37.1 Å². The number of aromatic nitrogens is 7. The summed E-state index contributed by atoms with van der Waals surface area (Å²) in [6, 6.07) is 9.20. The molecule has 4 aliphatic rings. The van der Waals surface area contributed by atoms with E-state index in [0.29, 0.717) is 109 Å². The average Bonchev–Trinajstić information content (AvgIpc) is 1.60. The van der Waals surface area contributed by atoms with Gasteiger partial charge in [-0.2, -0.15) is 0 Å². The number of H-pyrrole nitrogens is 1. The number of thiol groups is 2. The van der Waals surface area contributed by atoms with Crippen molar-refractivity contribution in [2.75, 3.05) is 150 Å². The highest BCUT2D eigenvalue weighted by Gasteiger charge is 2.54. The van der Waals surface area contributed by atoms with Gasteiger partial charge in [0.05, 0.1) is 131 Å². The second-order valence-corrected chi connectivity index (χ2v) is 35.1. The highest BCUT2D eigenvalue weighted by molar-refractivity contribution is 8.46. The summed E-state index contributed by atoms with van der Waals surface area (Å²) in [6.45, 7) is -0.133. The topological polar surface area (TPSA) is 481 Å². The number of hydrogen-bond donors (Lipinski definition) is 9. The predicted octanol–water partition coefficient (Wildman–Crippen LogP) is 4.74. The second kappa shape index (κ2) is 46.2. The number of imidazole rings is 1. The molecule has 2 aromatic carbocycles. The van der Waals surface area contributed by atoms with Crippen molar-refractivity contribution in [3.63, 3.8) is 0 Å². The third-order valence-corrected chi connectivity index (χ3v) is 23.3. The monoisotopic (exact) mass is 1780 g/mol. The van der Waals surface area contributed by atoms with Crippen molar-refractivity contribution >= 4 is 119 Å². The fourth-order valence-electron chi connectivity index (χ4n) is 13.1. The molecule has 2 bridgehead atoms. The van der Waals surface area contributed by atoms with Crippen LogP contribution in [-0.2, 0) is 117 Å². The van der Waals surface area contributed by atoms with Gasteiger partial charge in [0, 0.05) is 75.3 Å². The predicted molar refractivity (Wildman–Crippen MR) is 432 cm³/mol. The molecule has 121 heavy (non-hydrogen) atoms. The van der Waals surface area contributed by atoms with Gasteiger partial charge in [0.1, 0.15) is 61.0 Å². The molecule has 0 radical (unpaired) electrons. The van der Waals surface area contributed by atoms with Crippen molar-refractivity contribution in [1.82, 2.24) is 59.8 Å². The van der Waals surface area contributed by atoms with E-state index in [0.717, 1.165) is 39.2 Å². The number of unbranched alkanes of at least 4 members (excludes halogenated alkanes) is 1. The number of carbonyl (C=O) groups excluding carboxylic acids is 8. The summed E-state index contributed by atoms with van der Waals surface area (Å²) in [4.78, 5) is 141. The van der Waals surface area contributed by atoms with Crippen molar-refractivity contribution in [3.8, 4) is 0 Å². The van der Waals surface area contributed by atoms with Gasteiger partial charge >= 0.3 is 12.9 Å². The zero-order valence-electron chi connectivity index (χ0n) is 67.0. The molecular weight excluding hydrogens is 1680 g/mol. The Kier molecular flexibility index (Phi) is 36.1. The summed E-state index contributed by atoms with van der Waals surface area (Å²) in [5.74, 6) is -6.95. The number of carbonyl (C=O) groups is 8. The van der Waals surface area contributed by atoms with Crippen LogP contribution >= 0.6 is 37.9 Å². The van der Waals surface area contributed by atoms with Crippen LogP contribution in [0.3, 0.4) is 0 Å². The molecule has 0 spiro atoms. The zero-order chi connectivity index (χ0) is 86.8. The molecule has 7 N–H and O–H groups in total. The summed E-state index contributed by atoms with van der Waals surface area (Å²) in [5.41, 5.74) is 0.237. The summed E-state index contributed by atoms with van der Waals surface area (Å²) < 4.78 is 141. The molecule has 662 valence electrons. The van der Waals surface area contributed by atoms with Crippen molar-refractivity contribution < 1.29 is 127 Å². The number of anilines is 2. The van der Waals surface area contributed by atoms with Gasteiger partial charge in [0.2, 0.25) is 23.6 Å². The second-order valence-electron chi connectivity index (χ2n) is 28.5. The number of hydrogen-bond acceptors (Lipinski definition) is 30. The molecule has 0 saturated carbocycles. The van der Waals surface area contributed by atoms with Crippen molar-refractivity contribution in [1.29, 1.82) is 0 Å². The highest BCUT2D eigenvalue weighted by Crippen LogP contribution is 2.60. The van der Waals surface area contributed by atoms with Crippen LogP contribution in [0.4, 0.5) is 25.1 Å². The van der Waals surface area contributed by atoms with Crippen molar-refractivity contribution in [2.24, 2.45) is 11.8 Å². The molecule has 46 heteroatoms. The number of aliphatic hydroxyl groups is 1. The van der Waals surface area contributed by atoms with Crippen LogP contribution < -0.4 is 32.1 Å². The Morgan fingerprint density at radius 1 is 0.711 bits per heavy atom. The third-order valence-electron chi connectivity index (χ3n) is 19.4. The van der Waals surface area contributed by atoms with E-state index < -0.39 is 170 Å². The number of alkyl halides is 1. The minimum atomic E-state index is -4.62. The summed E-state index contributed by atoms with van der Waals surface area (Å²) in [6.07, 6.45) is -5.72. The minimum Gasteiger partial charge on any atom is -0.445 e. The van der Waals surface area contributed by atoms with E-state index in [1.807, 2.05) is 0 Å². The first-order valence-electron chi connectivity index (χ1n) is 38.9. The van der Waals surface area contributed by atoms with Crippen molar-refractivity contribution in [2.45, 2.75) is 121 Å². The number of fused-ring (bicyclic) bond motifs is 5. The number of benzene rings is 2. The Balaban J connectivity index is 0.649. The van der Waals surface area contributed by atoms with Gasteiger partial charge in [-0.25, -0.2) is 38.1 Å². The van der Waals surface area contributed by atoms with Crippen LogP contribution in [0.5, 0.6) is 0 Å². The number of imide groups is 1. The number of aliphatic hydroxyl groups excluding tert-OH is 1. The van der Waals surface area contributed by atoms with E-state index in [1.54, 1.807) is 63.4 Å². The third kappa shape index (κ3) is 27.2. The first kappa shape index (κ1) is 94.6. The van der Waals surface area contributed by atoms with Crippen molar-refractivity contribution in [3.05, 3.63) is 119 Å². The van der Waals surface area contributed by atoms with Gasteiger partial charge in [0.15, 0.2) is 40.8 Å². The zero-order valence-corrected chi connectivity index (χ0v) is 70.5. The molecule has 40 nitrogen and oxygen atoms in total. The average molecular weight is 1780 g/mol. The first-order valence-corrected chi connectivity index (χ1v) is 44.6. The standard InChI is InChI=1S/C75H100F2N14O26P2S2/c1-45(2)61(86-70(98)53(12-8-9-20-89-57(93)17-18-58(89)94)85-56(92)19-21-105-24-25-107-28-29-109-32-33-111-35-34-110-31-30-108-27-26-106-23-22-104-5)72(100)83-46(3)68(96)84-49-15-13-47(14-16-49)38-112-75(101)88(4)36-48-10-6-7-11-50(48)69(97)87-65-62-67(80-42-78-65)91(44-82-62)74-60(77)64-55(116-74)40-113-118(102,120)41-51-63(95)54(39-114-119(103,121)117-64)115-73(51)90-37-52(76)59-66(90)79-43-81-71(59)99/h6-7,10-11,13-18,37,42-46,51,53-55,60-61,63-64,73-74,95H,8-9,12,19-36,38-41H2,1-5H3,(H,83,100)(H,84,96)(H,85,92)(H,86,98)(H,102,120)(H,103,121)(H,79,81,99)(H,78,80,87,97)/t46-,51+,53+,54+,55+,60+,61-,63-,64+,73+,74+,118+,119+/m0/s1. The van der Waals surface area contributed by atoms with E-state index >= 15 is 8.78 Å². The summed E-state index contributed by atoms with van der Waals surface area (Å²) in [7, 11) is 3.06. The Bertz CT molecular complexity index is 4690. The molecule has 13 atom stereocenters. The molecule has 8 amide bonds. The van der Waals surface area contributed by atoms with Gasteiger partial charge in [-0.15, -0.1) is 0 Å². The van der Waals surface area contributed by atoms with Gasteiger partial charge in [-0.1, -0.05) is 68.7 Å². The number of halogens is 2. The van der Waals surface area contributed by atoms with Crippen LogP contribution in [0.15, 0.2) is 90.7 Å². The highest BCUT2D eigenvalue weighted by atomic mass is 32.7. The molecular formula is C75H100F2N14O26P2S2. The van der Waals surface area contributed by atoms with Crippen LogP contribution in [0.2, 0.25) is 0 Å². The van der Waals surface area contributed by atoms with Gasteiger partial charge in [0.25, 0.3) is 29.9 Å². The molecule has 6 aromatic rings. The number of ether oxygens (including phenoxy) is 11. The molecule has 0 unspecified atom stereocenters. The van der Waals surface area contributed by atoms with Crippen LogP contribution in [0, 0.1) is 17.7 Å². The van der Waals surface area contributed by atoms with E-state index in [-0.39, 0.29) is 80.6 Å². The molecule has 4 aromatic heterocycles. The fraction of sp³-hybridized carbons (Fsp3) is 0.560. The van der Waals surface area contributed by atoms with Crippen LogP contribution in [0.1, 0.15) is 80.4 Å². The number of aromatic amines is 1. The lowest BCUT2D eigenvalue weighted by Crippen LogP contribution is -2.57. The largest absolute Gasteiger partial charge is 0.445 e. The Labute approximate surface area is 703 Å². The van der Waals surface area contributed by atoms with Gasteiger partial charge in [-0.3, -0.25) is 61.4 Å². The summed E-state index contributed by atoms with van der Waals surface area (Å²) >= 11 is 8.42. The van der Waals surface area contributed by atoms with Gasteiger partial charge < -0.3 is 103 Å². The van der Waals surface area contributed by atoms with Crippen LogP contribution in [0.25, 0.3) is 22.2 Å². The van der Waals surface area contributed by atoms with E-state index in [4.69, 9.17) is 65.7 Å². The molecule has 0 aliphatic carbocycles. The number of nitrogens with zero attached hydrogens (tertiary/aromatic N) is 8. The number of amides is 8.